The Morgan fingerprint density at radius 3 is 2.77 bits per heavy atom. The Labute approximate surface area is 77.5 Å². The van der Waals surface area contributed by atoms with Crippen LogP contribution < -0.4 is 11.2 Å². The minimum absolute atomic E-state index is 0.170. The first-order valence-corrected chi connectivity index (χ1v) is 4.37. The highest BCUT2D eigenvalue weighted by Gasteiger charge is 2.48. The van der Waals surface area contributed by atoms with Crippen molar-refractivity contribution in [1.29, 1.82) is 0 Å². The first kappa shape index (κ1) is 10.4. The van der Waals surface area contributed by atoms with Gasteiger partial charge in [-0.15, -0.1) is 0 Å². The first-order valence-electron chi connectivity index (χ1n) is 4.37. The number of ether oxygens (including phenoxy) is 1. The zero-order valence-electron chi connectivity index (χ0n) is 8.00. The van der Waals surface area contributed by atoms with Crippen LogP contribution in [0.3, 0.4) is 0 Å². The Kier molecular flexibility index (Phi) is 3.24. The van der Waals surface area contributed by atoms with Crippen LogP contribution in [0.2, 0.25) is 0 Å². The molecule has 1 saturated carbocycles. The fourth-order valence-electron chi connectivity index (χ4n) is 1.47. The second-order valence-electron chi connectivity index (χ2n) is 3.30. The van der Waals surface area contributed by atoms with Gasteiger partial charge < -0.3 is 15.3 Å². The highest BCUT2D eigenvalue weighted by atomic mass is 16.6. The quantitative estimate of drug-likeness (QED) is 0.462. The van der Waals surface area contributed by atoms with Crippen molar-refractivity contribution < 1.29 is 14.4 Å². The van der Waals surface area contributed by atoms with Gasteiger partial charge in [0.1, 0.15) is 5.54 Å². The van der Waals surface area contributed by atoms with Crippen LogP contribution in [0.25, 0.3) is 0 Å². The molecule has 0 aromatic carbocycles. The zero-order valence-corrected chi connectivity index (χ0v) is 8.00. The van der Waals surface area contributed by atoms with Crippen LogP contribution in [-0.2, 0) is 14.4 Å². The van der Waals surface area contributed by atoms with E-state index in [1.165, 1.54) is 7.11 Å². The lowest BCUT2D eigenvalue weighted by Crippen LogP contribution is -2.64. The molecule has 13 heavy (non-hydrogen) atoms. The maximum atomic E-state index is 11.1. The largest absolute Gasteiger partial charge is 0.468 e. The molecule has 5 heteroatoms. The van der Waals surface area contributed by atoms with E-state index < -0.39 is 5.54 Å². The van der Waals surface area contributed by atoms with Crippen molar-refractivity contribution >= 4 is 5.97 Å². The van der Waals surface area contributed by atoms with Gasteiger partial charge in [-0.25, -0.2) is 0 Å². The van der Waals surface area contributed by atoms with Gasteiger partial charge in [0.2, 0.25) is 0 Å². The highest BCUT2D eigenvalue weighted by molar-refractivity contribution is 5.82. The summed E-state index contributed by atoms with van der Waals surface area (Å²) in [5.41, 5.74) is 7.76. The van der Waals surface area contributed by atoms with Gasteiger partial charge in [0.15, 0.2) is 0 Å². The Morgan fingerprint density at radius 2 is 2.31 bits per heavy atom. The molecule has 1 aliphatic rings. The number of rotatable bonds is 4. The number of carbonyl (C=O) groups excluding carboxylic acids is 1. The van der Waals surface area contributed by atoms with E-state index >= 15 is 0 Å². The predicted molar refractivity (Wildman–Crippen MR) is 46.7 cm³/mol. The van der Waals surface area contributed by atoms with Crippen LogP contribution in [0.15, 0.2) is 0 Å². The summed E-state index contributed by atoms with van der Waals surface area (Å²) in [6, 6.07) is 0.170. The van der Waals surface area contributed by atoms with E-state index in [0.717, 1.165) is 0 Å². The average molecular weight is 188 g/mol. The molecule has 0 aromatic rings. The molecule has 0 aliphatic heterocycles. The number of hydrogen-bond acceptors (Lipinski definition) is 5. The van der Waals surface area contributed by atoms with Crippen molar-refractivity contribution in [2.75, 3.05) is 13.7 Å². The number of esters is 1. The Bertz CT molecular complexity index is 190. The number of methoxy groups -OCH3 is 1. The third kappa shape index (κ3) is 2.18. The Morgan fingerprint density at radius 1 is 1.69 bits per heavy atom. The van der Waals surface area contributed by atoms with Crippen LogP contribution in [0, 0.1) is 0 Å². The third-order valence-corrected chi connectivity index (χ3v) is 2.21. The molecule has 76 valence electrons. The van der Waals surface area contributed by atoms with E-state index in [1.54, 1.807) is 0 Å². The maximum Gasteiger partial charge on any atom is 0.325 e. The van der Waals surface area contributed by atoms with Gasteiger partial charge in [0.25, 0.3) is 0 Å². The molecule has 1 fully saturated rings. The lowest BCUT2D eigenvalue weighted by atomic mass is 9.74. The van der Waals surface area contributed by atoms with Crippen LogP contribution in [-0.4, -0.2) is 31.3 Å². The second kappa shape index (κ2) is 4.04. The molecule has 0 aromatic heterocycles. The monoisotopic (exact) mass is 188 g/mol. The standard InChI is InChI=1S/C8H16N2O3/c1-3-13-10-6-4-8(9,5-6)7(11)12-2/h6,10H,3-5,9H2,1-2H3. The van der Waals surface area contributed by atoms with Gasteiger partial charge in [0, 0.05) is 6.04 Å². The van der Waals surface area contributed by atoms with E-state index in [1.807, 2.05) is 6.92 Å². The number of nitrogens with one attached hydrogen (secondary N) is 1. The van der Waals surface area contributed by atoms with Gasteiger partial charge >= 0.3 is 5.97 Å². The van der Waals surface area contributed by atoms with Gasteiger partial charge in [-0.3, -0.25) is 4.79 Å². The van der Waals surface area contributed by atoms with Crippen molar-refractivity contribution in [2.24, 2.45) is 5.73 Å². The highest BCUT2D eigenvalue weighted by Crippen LogP contribution is 2.30. The summed E-state index contributed by atoms with van der Waals surface area (Å²) in [5.74, 6) is -0.345. The van der Waals surface area contributed by atoms with Crippen LogP contribution in [0.5, 0.6) is 0 Å². The van der Waals surface area contributed by atoms with Gasteiger partial charge in [0.05, 0.1) is 13.7 Å². The summed E-state index contributed by atoms with van der Waals surface area (Å²) in [4.78, 5) is 16.1. The van der Waals surface area contributed by atoms with Crippen molar-refractivity contribution in [3.63, 3.8) is 0 Å². The first-order chi connectivity index (χ1) is 6.12. The molecular weight excluding hydrogens is 172 g/mol. The third-order valence-electron chi connectivity index (χ3n) is 2.21. The smallest absolute Gasteiger partial charge is 0.325 e. The topological polar surface area (TPSA) is 73.6 Å². The van der Waals surface area contributed by atoms with E-state index in [0.29, 0.717) is 19.4 Å². The van der Waals surface area contributed by atoms with Gasteiger partial charge in [-0.2, -0.15) is 5.48 Å². The maximum absolute atomic E-state index is 11.1. The molecule has 5 nitrogen and oxygen atoms in total. The molecule has 0 atom stereocenters. The van der Waals surface area contributed by atoms with Gasteiger partial charge in [-0.05, 0) is 19.8 Å². The molecule has 1 rings (SSSR count). The minimum Gasteiger partial charge on any atom is -0.468 e. The van der Waals surface area contributed by atoms with E-state index in [-0.39, 0.29) is 12.0 Å². The summed E-state index contributed by atoms with van der Waals surface area (Å²) in [7, 11) is 1.35. The SMILES string of the molecule is CCONC1CC(N)(C(=O)OC)C1. The van der Waals surface area contributed by atoms with Crippen molar-refractivity contribution in [3.05, 3.63) is 0 Å². The molecule has 0 spiro atoms. The van der Waals surface area contributed by atoms with E-state index in [9.17, 15) is 4.79 Å². The molecule has 1 aliphatic carbocycles. The molecule has 0 unspecified atom stereocenters. The summed E-state index contributed by atoms with van der Waals surface area (Å²) in [6.07, 6.45) is 1.14. The van der Waals surface area contributed by atoms with Crippen LogP contribution in [0.4, 0.5) is 0 Å². The Hall–Kier alpha value is -0.650. The van der Waals surface area contributed by atoms with Gasteiger partial charge in [-0.1, -0.05) is 0 Å². The van der Waals surface area contributed by atoms with Crippen molar-refractivity contribution in [3.8, 4) is 0 Å². The molecule has 0 radical (unpaired) electrons. The molecular formula is C8H16N2O3. The summed E-state index contributed by atoms with van der Waals surface area (Å²) in [6.45, 7) is 2.49. The van der Waals surface area contributed by atoms with Crippen molar-refractivity contribution in [2.45, 2.75) is 31.3 Å². The molecule has 0 bridgehead atoms. The van der Waals surface area contributed by atoms with E-state index in [4.69, 9.17) is 10.6 Å². The Balaban J connectivity index is 2.26. The number of carbonyl (C=O) groups is 1. The molecule has 0 amide bonds. The van der Waals surface area contributed by atoms with Crippen LogP contribution >= 0.6 is 0 Å². The van der Waals surface area contributed by atoms with Crippen LogP contribution in [0.1, 0.15) is 19.8 Å². The fraction of sp³-hybridized carbons (Fsp3) is 0.875. The summed E-state index contributed by atoms with van der Waals surface area (Å²) in [5, 5.41) is 0. The predicted octanol–water partition coefficient (Wildman–Crippen LogP) is -0.440. The lowest BCUT2D eigenvalue weighted by molar-refractivity contribution is -0.153. The molecule has 0 saturated heterocycles. The van der Waals surface area contributed by atoms with Crippen molar-refractivity contribution in [1.82, 2.24) is 5.48 Å². The number of hydrogen-bond donors (Lipinski definition) is 2. The van der Waals surface area contributed by atoms with E-state index in [2.05, 4.69) is 10.2 Å². The average Bonchev–Trinajstić information content (AvgIpc) is 2.09. The minimum atomic E-state index is -0.802. The fourth-order valence-corrected chi connectivity index (χ4v) is 1.47. The molecule has 0 heterocycles. The zero-order chi connectivity index (χ0) is 9.90. The molecule has 3 N–H and O–H groups in total. The lowest BCUT2D eigenvalue weighted by Gasteiger charge is -2.41. The number of nitrogens with two attached hydrogens (primary N) is 1. The summed E-state index contributed by atoms with van der Waals surface area (Å²) < 4.78 is 4.58. The normalized spacial score (nSPS) is 32.4. The second-order valence-corrected chi connectivity index (χ2v) is 3.30. The number of hydroxylamine groups is 1. The summed E-state index contributed by atoms with van der Waals surface area (Å²) >= 11 is 0.